The zero-order valence-corrected chi connectivity index (χ0v) is 10.8. The third-order valence-electron chi connectivity index (χ3n) is 3.51. The third-order valence-corrected chi connectivity index (χ3v) is 3.51. The van der Waals surface area contributed by atoms with Gasteiger partial charge in [-0.25, -0.2) is 0 Å². The summed E-state index contributed by atoms with van der Waals surface area (Å²) in [4.78, 5) is 2.55. The van der Waals surface area contributed by atoms with Gasteiger partial charge in [-0.3, -0.25) is 4.68 Å². The molecule has 0 aromatic carbocycles. The quantitative estimate of drug-likeness (QED) is 0.820. The molecule has 2 heterocycles. The van der Waals surface area contributed by atoms with E-state index in [0.717, 1.165) is 13.1 Å². The Labute approximate surface area is 103 Å². The Morgan fingerprint density at radius 1 is 1.35 bits per heavy atom. The molecule has 1 fully saturated rings. The van der Waals surface area contributed by atoms with Crippen LogP contribution in [0, 0.1) is 0 Å². The van der Waals surface area contributed by atoms with Gasteiger partial charge in [0.15, 0.2) is 0 Å². The lowest BCUT2D eigenvalue weighted by molar-refractivity contribution is 0.161. The van der Waals surface area contributed by atoms with Crippen molar-refractivity contribution in [3.8, 4) is 0 Å². The molecule has 1 aliphatic rings. The Bertz CT molecular complexity index is 301. The average Bonchev–Trinajstić information content (AvgIpc) is 2.83. The molecule has 1 aromatic rings. The Kier molecular flexibility index (Phi) is 4.50. The summed E-state index contributed by atoms with van der Waals surface area (Å²) in [7, 11) is 0. The normalized spacial score (nSPS) is 19.0. The lowest BCUT2D eigenvalue weighted by atomic mass is 10.0. The van der Waals surface area contributed by atoms with Gasteiger partial charge in [0.1, 0.15) is 0 Å². The predicted molar refractivity (Wildman–Crippen MR) is 67.8 cm³/mol. The summed E-state index contributed by atoms with van der Waals surface area (Å²) < 4.78 is 1.87. The van der Waals surface area contributed by atoms with Crippen molar-refractivity contribution in [1.82, 2.24) is 25.2 Å². The number of aromatic nitrogens is 3. The highest BCUT2D eigenvalue weighted by Crippen LogP contribution is 2.12. The van der Waals surface area contributed by atoms with Crippen LogP contribution in [0.1, 0.15) is 26.7 Å². The van der Waals surface area contributed by atoms with E-state index in [4.69, 9.17) is 0 Å². The minimum Gasteiger partial charge on any atom is -0.312 e. The van der Waals surface area contributed by atoms with Crippen molar-refractivity contribution in [2.75, 3.05) is 19.6 Å². The molecule has 0 amide bonds. The fraction of sp³-hybridized carbons (Fsp3) is 0.833. The largest absolute Gasteiger partial charge is 0.312 e. The van der Waals surface area contributed by atoms with E-state index in [9.17, 15) is 0 Å². The molecule has 0 spiro atoms. The maximum absolute atomic E-state index is 3.95. The summed E-state index contributed by atoms with van der Waals surface area (Å²) in [5.74, 6) is 0. The standard InChI is InChI=1S/C12H23N5/c1-11(2)16-7-3-12(4-8-16)13-5-9-17-10-6-14-15-17/h6,10-13H,3-5,7-9H2,1-2H3. The van der Waals surface area contributed by atoms with Crippen LogP contribution in [0.4, 0.5) is 0 Å². The highest BCUT2D eigenvalue weighted by Gasteiger charge is 2.19. The summed E-state index contributed by atoms with van der Waals surface area (Å²) >= 11 is 0. The molecule has 1 N–H and O–H groups in total. The number of likely N-dealkylation sites (tertiary alicyclic amines) is 1. The SMILES string of the molecule is CC(C)N1CCC(NCCn2ccnn2)CC1. The van der Waals surface area contributed by atoms with Gasteiger partial charge >= 0.3 is 0 Å². The fourth-order valence-corrected chi connectivity index (χ4v) is 2.36. The van der Waals surface area contributed by atoms with Crippen molar-refractivity contribution in [2.24, 2.45) is 0 Å². The number of hydrogen-bond donors (Lipinski definition) is 1. The minimum absolute atomic E-state index is 0.675. The molecule has 96 valence electrons. The van der Waals surface area contributed by atoms with Gasteiger partial charge in [-0.15, -0.1) is 5.10 Å². The van der Waals surface area contributed by atoms with E-state index >= 15 is 0 Å². The topological polar surface area (TPSA) is 46.0 Å². The Balaban J connectivity index is 1.62. The summed E-state index contributed by atoms with van der Waals surface area (Å²) in [6.45, 7) is 8.88. The number of nitrogens with one attached hydrogen (secondary N) is 1. The zero-order chi connectivity index (χ0) is 12.1. The van der Waals surface area contributed by atoms with Gasteiger partial charge < -0.3 is 10.2 Å². The molecule has 1 saturated heterocycles. The van der Waals surface area contributed by atoms with E-state index in [1.807, 2.05) is 10.9 Å². The molecular formula is C12H23N5. The molecular weight excluding hydrogens is 214 g/mol. The number of hydrogen-bond acceptors (Lipinski definition) is 4. The molecule has 0 radical (unpaired) electrons. The Morgan fingerprint density at radius 2 is 2.12 bits per heavy atom. The van der Waals surface area contributed by atoms with E-state index in [1.54, 1.807) is 6.20 Å². The van der Waals surface area contributed by atoms with Crippen LogP contribution < -0.4 is 5.32 Å². The first-order valence-electron chi connectivity index (χ1n) is 6.57. The molecule has 5 nitrogen and oxygen atoms in total. The molecule has 5 heteroatoms. The lowest BCUT2D eigenvalue weighted by Crippen LogP contribution is -2.45. The van der Waals surface area contributed by atoms with Crippen LogP contribution >= 0.6 is 0 Å². The van der Waals surface area contributed by atoms with Gasteiger partial charge in [0, 0.05) is 24.8 Å². The van der Waals surface area contributed by atoms with Crippen LogP contribution in [-0.2, 0) is 6.54 Å². The van der Waals surface area contributed by atoms with Crippen molar-refractivity contribution in [3.05, 3.63) is 12.4 Å². The maximum Gasteiger partial charge on any atom is 0.0692 e. The predicted octanol–water partition coefficient (Wildman–Crippen LogP) is 0.740. The molecule has 1 aromatic heterocycles. The third kappa shape index (κ3) is 3.78. The molecule has 0 saturated carbocycles. The van der Waals surface area contributed by atoms with E-state index in [2.05, 4.69) is 34.4 Å². The van der Waals surface area contributed by atoms with Gasteiger partial charge in [0.25, 0.3) is 0 Å². The van der Waals surface area contributed by atoms with Crippen molar-refractivity contribution in [1.29, 1.82) is 0 Å². The van der Waals surface area contributed by atoms with Gasteiger partial charge in [-0.05, 0) is 39.8 Å². The second kappa shape index (κ2) is 6.12. The first-order chi connectivity index (χ1) is 8.25. The second-order valence-electron chi connectivity index (χ2n) is 5.02. The Morgan fingerprint density at radius 3 is 2.71 bits per heavy atom. The van der Waals surface area contributed by atoms with Gasteiger partial charge in [0.2, 0.25) is 0 Å². The van der Waals surface area contributed by atoms with Gasteiger partial charge in [-0.1, -0.05) is 5.21 Å². The van der Waals surface area contributed by atoms with Crippen LogP contribution in [0.25, 0.3) is 0 Å². The van der Waals surface area contributed by atoms with E-state index in [1.165, 1.54) is 25.9 Å². The van der Waals surface area contributed by atoms with Crippen LogP contribution in [0.15, 0.2) is 12.4 Å². The fourth-order valence-electron chi connectivity index (χ4n) is 2.36. The van der Waals surface area contributed by atoms with E-state index < -0.39 is 0 Å². The molecule has 17 heavy (non-hydrogen) atoms. The van der Waals surface area contributed by atoms with Crippen molar-refractivity contribution >= 4 is 0 Å². The van der Waals surface area contributed by atoms with Gasteiger partial charge in [-0.2, -0.15) is 0 Å². The first kappa shape index (κ1) is 12.5. The zero-order valence-electron chi connectivity index (χ0n) is 10.8. The first-order valence-corrected chi connectivity index (χ1v) is 6.57. The average molecular weight is 237 g/mol. The Hall–Kier alpha value is -0.940. The summed E-state index contributed by atoms with van der Waals surface area (Å²) in [5.41, 5.74) is 0. The number of nitrogens with zero attached hydrogens (tertiary/aromatic N) is 4. The van der Waals surface area contributed by atoms with Gasteiger partial charge in [0.05, 0.1) is 12.7 Å². The molecule has 0 unspecified atom stereocenters. The summed E-state index contributed by atoms with van der Waals surface area (Å²) in [6.07, 6.45) is 6.15. The monoisotopic (exact) mass is 237 g/mol. The highest BCUT2D eigenvalue weighted by atomic mass is 15.4. The van der Waals surface area contributed by atoms with Crippen LogP contribution in [-0.4, -0.2) is 51.6 Å². The van der Waals surface area contributed by atoms with Crippen LogP contribution in [0.5, 0.6) is 0 Å². The highest BCUT2D eigenvalue weighted by molar-refractivity contribution is 4.78. The van der Waals surface area contributed by atoms with Crippen molar-refractivity contribution < 1.29 is 0 Å². The summed E-state index contributed by atoms with van der Waals surface area (Å²) in [6, 6.07) is 1.36. The van der Waals surface area contributed by atoms with Crippen LogP contribution in [0.3, 0.4) is 0 Å². The number of rotatable bonds is 5. The second-order valence-corrected chi connectivity index (χ2v) is 5.02. The maximum atomic E-state index is 3.95. The molecule has 0 atom stereocenters. The van der Waals surface area contributed by atoms with Crippen LogP contribution in [0.2, 0.25) is 0 Å². The molecule has 0 aliphatic carbocycles. The molecule has 0 bridgehead atoms. The molecule has 2 rings (SSSR count). The molecule has 1 aliphatic heterocycles. The summed E-state index contributed by atoms with van der Waals surface area (Å²) in [5, 5.41) is 11.4. The van der Waals surface area contributed by atoms with E-state index in [-0.39, 0.29) is 0 Å². The smallest absolute Gasteiger partial charge is 0.0692 e. The number of piperidine rings is 1. The van der Waals surface area contributed by atoms with Crippen molar-refractivity contribution in [2.45, 2.75) is 45.3 Å². The van der Waals surface area contributed by atoms with E-state index in [0.29, 0.717) is 12.1 Å². The minimum atomic E-state index is 0.675. The lowest BCUT2D eigenvalue weighted by Gasteiger charge is -2.35. The van der Waals surface area contributed by atoms with Crippen molar-refractivity contribution in [3.63, 3.8) is 0 Å².